The molecule has 1 aromatic heterocycles. The van der Waals surface area contributed by atoms with Crippen LogP contribution in [0.5, 0.6) is 5.75 Å². The minimum absolute atomic E-state index is 0.218. The maximum atomic E-state index is 12.5. The molecule has 0 fully saturated rings. The second-order valence-corrected chi connectivity index (χ2v) is 5.33. The van der Waals surface area contributed by atoms with E-state index in [1.165, 1.54) is 6.07 Å². The van der Waals surface area contributed by atoms with Gasteiger partial charge in [-0.1, -0.05) is 18.2 Å². The number of pyridine rings is 1. The van der Waals surface area contributed by atoms with Gasteiger partial charge in [0, 0.05) is 22.7 Å². The quantitative estimate of drug-likeness (QED) is 0.656. The van der Waals surface area contributed by atoms with Crippen molar-refractivity contribution in [3.05, 3.63) is 70.5 Å². The number of carbonyl (C=O) groups is 2. The number of ether oxygens (including phenoxy) is 1. The summed E-state index contributed by atoms with van der Waals surface area (Å²) in [5, 5.41) is 3.38. The first kappa shape index (κ1) is 16.3. The van der Waals surface area contributed by atoms with E-state index < -0.39 is 11.8 Å². The highest BCUT2D eigenvalue weighted by Gasteiger charge is 2.12. The molecule has 0 radical (unpaired) electrons. The minimum Gasteiger partial charge on any atom is -0.484 e. The average molecular weight is 337 g/mol. The summed E-state index contributed by atoms with van der Waals surface area (Å²) in [5.41, 5.74) is 6.07. The van der Waals surface area contributed by atoms with Gasteiger partial charge in [0.1, 0.15) is 5.75 Å². The third-order valence-electron chi connectivity index (χ3n) is 3.49. The monoisotopic (exact) mass is 337 g/mol. The van der Waals surface area contributed by atoms with E-state index >= 15 is 0 Å². The first-order chi connectivity index (χ1) is 12.0. The number of aromatic nitrogens is 1. The van der Waals surface area contributed by atoms with Gasteiger partial charge in [0.15, 0.2) is 6.61 Å². The summed E-state index contributed by atoms with van der Waals surface area (Å²) >= 11 is 0. The van der Waals surface area contributed by atoms with Gasteiger partial charge in [-0.05, 0) is 30.3 Å². The Morgan fingerprint density at radius 1 is 1.08 bits per heavy atom. The van der Waals surface area contributed by atoms with Gasteiger partial charge in [-0.3, -0.25) is 14.4 Å². The number of benzene rings is 2. The molecule has 7 heteroatoms. The van der Waals surface area contributed by atoms with E-state index in [1.807, 2.05) is 0 Å². The van der Waals surface area contributed by atoms with Crippen LogP contribution in [0.15, 0.2) is 59.4 Å². The lowest BCUT2D eigenvalue weighted by Crippen LogP contribution is -2.20. The highest BCUT2D eigenvalue weighted by molar-refractivity contribution is 6.12. The van der Waals surface area contributed by atoms with Crippen molar-refractivity contribution in [3.8, 4) is 5.75 Å². The molecule has 2 amide bonds. The molecule has 0 atom stereocenters. The van der Waals surface area contributed by atoms with Gasteiger partial charge in [0.25, 0.3) is 11.8 Å². The lowest BCUT2D eigenvalue weighted by molar-refractivity contribution is -0.119. The summed E-state index contributed by atoms with van der Waals surface area (Å²) in [7, 11) is 0. The Bertz CT molecular complexity index is 993. The standard InChI is InChI=1S/C18H15N3O4/c19-16(22)10-25-12-7-5-11(6-8-12)20-18(24)14-9-17(23)21-15-4-2-1-3-13(14)15/h1-9H,10H2,(H2,19,22)(H,20,24)(H,21,23). The van der Waals surface area contributed by atoms with Gasteiger partial charge in [-0.2, -0.15) is 0 Å². The number of H-pyrrole nitrogens is 1. The summed E-state index contributed by atoms with van der Waals surface area (Å²) in [5.74, 6) is -0.509. The molecule has 0 aliphatic carbocycles. The molecule has 3 aromatic rings. The summed E-state index contributed by atoms with van der Waals surface area (Å²) in [6.07, 6.45) is 0. The van der Waals surface area contributed by atoms with Crippen molar-refractivity contribution in [1.82, 2.24) is 4.98 Å². The van der Waals surface area contributed by atoms with Crippen LogP contribution < -0.4 is 21.3 Å². The van der Waals surface area contributed by atoms with E-state index in [0.717, 1.165) is 0 Å². The molecule has 126 valence electrons. The molecule has 1 heterocycles. The molecular formula is C18H15N3O4. The summed E-state index contributed by atoms with van der Waals surface area (Å²) in [6.45, 7) is -0.218. The van der Waals surface area contributed by atoms with Crippen LogP contribution in [0.4, 0.5) is 5.69 Å². The van der Waals surface area contributed by atoms with Crippen LogP contribution >= 0.6 is 0 Å². The zero-order valence-electron chi connectivity index (χ0n) is 13.1. The molecule has 7 nitrogen and oxygen atoms in total. The third kappa shape index (κ3) is 3.84. The molecule has 0 aliphatic rings. The van der Waals surface area contributed by atoms with E-state index in [-0.39, 0.29) is 17.7 Å². The SMILES string of the molecule is NC(=O)COc1ccc(NC(=O)c2cc(=O)[nH]c3ccccc23)cc1. The van der Waals surface area contributed by atoms with Crippen molar-refractivity contribution in [2.45, 2.75) is 0 Å². The van der Waals surface area contributed by atoms with Crippen molar-refractivity contribution in [2.75, 3.05) is 11.9 Å². The molecule has 0 saturated carbocycles. The van der Waals surface area contributed by atoms with Gasteiger partial charge in [0.05, 0.1) is 5.56 Å². The van der Waals surface area contributed by atoms with Crippen molar-refractivity contribution >= 4 is 28.4 Å². The molecule has 0 unspecified atom stereocenters. The number of amides is 2. The third-order valence-corrected chi connectivity index (χ3v) is 3.49. The van der Waals surface area contributed by atoms with Crippen LogP contribution in [0, 0.1) is 0 Å². The topological polar surface area (TPSA) is 114 Å². The van der Waals surface area contributed by atoms with E-state index in [4.69, 9.17) is 10.5 Å². The number of hydrogen-bond donors (Lipinski definition) is 3. The van der Waals surface area contributed by atoms with Crippen LogP contribution in [0.1, 0.15) is 10.4 Å². The molecule has 0 spiro atoms. The smallest absolute Gasteiger partial charge is 0.256 e. The van der Waals surface area contributed by atoms with Crippen molar-refractivity contribution < 1.29 is 14.3 Å². The van der Waals surface area contributed by atoms with Crippen LogP contribution in [0.25, 0.3) is 10.9 Å². The molecule has 3 rings (SSSR count). The number of nitrogens with one attached hydrogen (secondary N) is 2. The van der Waals surface area contributed by atoms with E-state index in [0.29, 0.717) is 22.3 Å². The number of rotatable bonds is 5. The Hall–Kier alpha value is -3.61. The van der Waals surface area contributed by atoms with Crippen LogP contribution in [-0.2, 0) is 4.79 Å². The van der Waals surface area contributed by atoms with Gasteiger partial charge >= 0.3 is 0 Å². The maximum absolute atomic E-state index is 12.5. The number of hydrogen-bond acceptors (Lipinski definition) is 4. The number of fused-ring (bicyclic) bond motifs is 1. The van der Waals surface area contributed by atoms with Gasteiger partial charge in [-0.25, -0.2) is 0 Å². The van der Waals surface area contributed by atoms with Gasteiger partial charge in [-0.15, -0.1) is 0 Å². The summed E-state index contributed by atoms with van der Waals surface area (Å²) in [6, 6.07) is 14.8. The number of para-hydroxylation sites is 1. The lowest BCUT2D eigenvalue weighted by atomic mass is 10.1. The van der Waals surface area contributed by atoms with E-state index in [9.17, 15) is 14.4 Å². The normalized spacial score (nSPS) is 10.4. The Morgan fingerprint density at radius 3 is 2.52 bits per heavy atom. The zero-order chi connectivity index (χ0) is 17.8. The summed E-state index contributed by atoms with van der Waals surface area (Å²) in [4.78, 5) is 37.6. The lowest BCUT2D eigenvalue weighted by Gasteiger charge is -2.09. The molecule has 0 bridgehead atoms. The Kier molecular flexibility index (Phi) is 4.47. The predicted molar refractivity (Wildman–Crippen MR) is 93.7 cm³/mol. The Balaban J connectivity index is 1.81. The van der Waals surface area contributed by atoms with Gasteiger partial charge in [0.2, 0.25) is 5.56 Å². The largest absolute Gasteiger partial charge is 0.484 e. The molecular weight excluding hydrogens is 322 g/mol. The fourth-order valence-corrected chi connectivity index (χ4v) is 2.38. The van der Waals surface area contributed by atoms with Crippen molar-refractivity contribution in [1.29, 1.82) is 0 Å². The Labute approximate surface area is 142 Å². The number of nitrogens with two attached hydrogens (primary N) is 1. The van der Waals surface area contributed by atoms with Gasteiger partial charge < -0.3 is 20.8 Å². The molecule has 2 aromatic carbocycles. The predicted octanol–water partition coefficient (Wildman–Crippen LogP) is 1.64. The highest BCUT2D eigenvalue weighted by Crippen LogP contribution is 2.19. The van der Waals surface area contributed by atoms with E-state index in [2.05, 4.69) is 10.3 Å². The number of aromatic amines is 1. The fraction of sp³-hybridized carbons (Fsp3) is 0.0556. The first-order valence-electron chi connectivity index (χ1n) is 7.47. The van der Waals surface area contributed by atoms with Crippen LogP contribution in [0.2, 0.25) is 0 Å². The molecule has 25 heavy (non-hydrogen) atoms. The second-order valence-electron chi connectivity index (χ2n) is 5.33. The van der Waals surface area contributed by atoms with Crippen molar-refractivity contribution in [3.63, 3.8) is 0 Å². The second kappa shape index (κ2) is 6.88. The number of carbonyl (C=O) groups excluding carboxylic acids is 2. The Morgan fingerprint density at radius 2 is 1.80 bits per heavy atom. The van der Waals surface area contributed by atoms with Crippen LogP contribution in [-0.4, -0.2) is 23.4 Å². The van der Waals surface area contributed by atoms with Crippen molar-refractivity contribution in [2.24, 2.45) is 5.73 Å². The zero-order valence-corrected chi connectivity index (χ0v) is 13.1. The first-order valence-corrected chi connectivity index (χ1v) is 7.47. The molecule has 0 saturated heterocycles. The average Bonchev–Trinajstić information content (AvgIpc) is 2.60. The minimum atomic E-state index is -0.571. The maximum Gasteiger partial charge on any atom is 0.256 e. The highest BCUT2D eigenvalue weighted by atomic mass is 16.5. The molecule has 4 N–H and O–H groups in total. The number of anilines is 1. The summed E-state index contributed by atoms with van der Waals surface area (Å²) < 4.78 is 5.15. The van der Waals surface area contributed by atoms with E-state index in [1.54, 1.807) is 48.5 Å². The molecule has 0 aliphatic heterocycles. The fourth-order valence-electron chi connectivity index (χ4n) is 2.38. The van der Waals surface area contributed by atoms with Crippen LogP contribution in [0.3, 0.4) is 0 Å². The number of primary amides is 1.